The molecule has 1 aromatic rings. The molecule has 0 spiro atoms. The highest BCUT2D eigenvalue weighted by atomic mass is 79.9. The van der Waals surface area contributed by atoms with Gasteiger partial charge < -0.3 is 16.2 Å². The predicted octanol–water partition coefficient (Wildman–Crippen LogP) is 1.58. The minimum atomic E-state index is -0.953. The normalized spacial score (nSPS) is 12.2. The molecule has 15 heavy (non-hydrogen) atoms. The lowest BCUT2D eigenvalue weighted by Crippen LogP contribution is -2.36. The van der Waals surface area contributed by atoms with Crippen LogP contribution in [0.5, 0.6) is 0 Å². The molecule has 5 heteroatoms. The monoisotopic (exact) mass is 272 g/mol. The van der Waals surface area contributed by atoms with Crippen molar-refractivity contribution in [3.05, 3.63) is 28.2 Å². The highest BCUT2D eigenvalue weighted by molar-refractivity contribution is 9.10. The van der Waals surface area contributed by atoms with Gasteiger partial charge in [-0.1, -0.05) is 6.07 Å². The number of benzene rings is 1. The van der Waals surface area contributed by atoms with Crippen molar-refractivity contribution in [2.24, 2.45) is 5.73 Å². The Kier molecular flexibility index (Phi) is 4.11. The second-order valence-corrected chi connectivity index (χ2v) is 4.11. The Morgan fingerprint density at radius 3 is 2.87 bits per heavy atom. The number of rotatable bonds is 4. The van der Waals surface area contributed by atoms with E-state index < -0.39 is 12.0 Å². The SMILES string of the molecule is Cc1ccc(Br)c(NC(CN)C(=O)O)c1. The van der Waals surface area contributed by atoms with E-state index in [9.17, 15) is 4.79 Å². The number of aryl methyl sites for hydroxylation is 1. The van der Waals surface area contributed by atoms with Crippen molar-refractivity contribution in [1.82, 2.24) is 0 Å². The van der Waals surface area contributed by atoms with Gasteiger partial charge in [0.25, 0.3) is 0 Å². The first-order chi connectivity index (χ1) is 7.04. The number of aliphatic carboxylic acids is 1. The third-order valence-electron chi connectivity index (χ3n) is 1.99. The summed E-state index contributed by atoms with van der Waals surface area (Å²) in [5, 5.41) is 11.7. The van der Waals surface area contributed by atoms with Crippen LogP contribution in [-0.4, -0.2) is 23.7 Å². The van der Waals surface area contributed by atoms with Crippen molar-refractivity contribution < 1.29 is 9.90 Å². The summed E-state index contributed by atoms with van der Waals surface area (Å²) in [6.45, 7) is 1.99. The fourth-order valence-corrected chi connectivity index (χ4v) is 1.52. The molecule has 1 aromatic carbocycles. The van der Waals surface area contributed by atoms with Crippen LogP contribution in [0.4, 0.5) is 5.69 Å². The van der Waals surface area contributed by atoms with Crippen LogP contribution in [0, 0.1) is 6.92 Å². The van der Waals surface area contributed by atoms with Crippen molar-refractivity contribution in [3.8, 4) is 0 Å². The van der Waals surface area contributed by atoms with Gasteiger partial charge in [-0.05, 0) is 40.5 Å². The van der Waals surface area contributed by atoms with Gasteiger partial charge in [-0.3, -0.25) is 0 Å². The number of carboxylic acid groups (broad SMARTS) is 1. The van der Waals surface area contributed by atoms with Crippen LogP contribution in [-0.2, 0) is 4.79 Å². The summed E-state index contributed by atoms with van der Waals surface area (Å²) < 4.78 is 0.827. The van der Waals surface area contributed by atoms with E-state index in [0.717, 1.165) is 15.7 Å². The van der Waals surface area contributed by atoms with Gasteiger partial charge in [0.1, 0.15) is 6.04 Å². The van der Waals surface area contributed by atoms with Crippen LogP contribution in [0.1, 0.15) is 5.56 Å². The zero-order chi connectivity index (χ0) is 11.4. The highest BCUT2D eigenvalue weighted by Crippen LogP contribution is 2.23. The Labute approximate surface area is 96.6 Å². The molecule has 0 saturated carbocycles. The summed E-state index contributed by atoms with van der Waals surface area (Å²) in [5.41, 5.74) is 7.15. The van der Waals surface area contributed by atoms with Gasteiger partial charge in [0.15, 0.2) is 0 Å². The summed E-state index contributed by atoms with van der Waals surface area (Å²) in [5.74, 6) is -0.953. The van der Waals surface area contributed by atoms with Crippen LogP contribution < -0.4 is 11.1 Å². The maximum absolute atomic E-state index is 10.8. The van der Waals surface area contributed by atoms with Gasteiger partial charge in [0, 0.05) is 16.7 Å². The molecule has 0 radical (unpaired) electrons. The number of hydrogen-bond donors (Lipinski definition) is 3. The Bertz CT molecular complexity index is 368. The van der Waals surface area contributed by atoms with Crippen LogP contribution >= 0.6 is 15.9 Å². The molecular weight excluding hydrogens is 260 g/mol. The summed E-state index contributed by atoms with van der Waals surface area (Å²) in [4.78, 5) is 10.8. The molecule has 82 valence electrons. The maximum atomic E-state index is 10.8. The number of carboxylic acids is 1. The quantitative estimate of drug-likeness (QED) is 0.778. The first-order valence-corrected chi connectivity index (χ1v) is 5.29. The third-order valence-corrected chi connectivity index (χ3v) is 2.68. The van der Waals surface area contributed by atoms with Gasteiger partial charge in [-0.25, -0.2) is 4.79 Å². The van der Waals surface area contributed by atoms with E-state index in [4.69, 9.17) is 10.8 Å². The zero-order valence-electron chi connectivity index (χ0n) is 8.33. The summed E-state index contributed by atoms with van der Waals surface area (Å²) in [6, 6.07) is 4.92. The zero-order valence-corrected chi connectivity index (χ0v) is 9.91. The Balaban J connectivity index is 2.87. The smallest absolute Gasteiger partial charge is 0.327 e. The number of carbonyl (C=O) groups is 1. The number of anilines is 1. The molecule has 0 bridgehead atoms. The standard InChI is InChI=1S/C10H13BrN2O2/c1-6-2-3-7(11)8(4-6)13-9(5-12)10(14)15/h2-4,9,13H,5,12H2,1H3,(H,14,15). The molecule has 1 atom stereocenters. The molecule has 0 heterocycles. The van der Waals surface area contributed by atoms with E-state index in [1.54, 1.807) is 0 Å². The summed E-state index contributed by atoms with van der Waals surface area (Å²) in [7, 11) is 0. The van der Waals surface area contributed by atoms with Crippen LogP contribution in [0.25, 0.3) is 0 Å². The van der Waals surface area contributed by atoms with E-state index in [0.29, 0.717) is 0 Å². The molecule has 0 aromatic heterocycles. The summed E-state index contributed by atoms with van der Waals surface area (Å²) >= 11 is 3.34. The van der Waals surface area contributed by atoms with Crippen LogP contribution in [0.3, 0.4) is 0 Å². The summed E-state index contributed by atoms with van der Waals surface area (Å²) in [6.07, 6.45) is 0. The maximum Gasteiger partial charge on any atom is 0.327 e. The minimum Gasteiger partial charge on any atom is -0.480 e. The Morgan fingerprint density at radius 2 is 2.33 bits per heavy atom. The van der Waals surface area contributed by atoms with Crippen molar-refractivity contribution in [2.45, 2.75) is 13.0 Å². The second-order valence-electron chi connectivity index (χ2n) is 3.25. The minimum absolute atomic E-state index is 0.0513. The molecule has 0 aliphatic carbocycles. The van der Waals surface area contributed by atoms with Crippen molar-refractivity contribution in [1.29, 1.82) is 0 Å². The second kappa shape index (κ2) is 5.14. The molecular formula is C10H13BrN2O2. The lowest BCUT2D eigenvalue weighted by molar-refractivity contribution is -0.137. The molecule has 0 aliphatic heterocycles. The van der Waals surface area contributed by atoms with E-state index in [2.05, 4.69) is 21.2 Å². The predicted molar refractivity (Wildman–Crippen MR) is 63.0 cm³/mol. The topological polar surface area (TPSA) is 75.3 Å². The van der Waals surface area contributed by atoms with E-state index in [1.165, 1.54) is 0 Å². The molecule has 0 amide bonds. The molecule has 0 fully saturated rings. The lowest BCUT2D eigenvalue weighted by atomic mass is 10.2. The highest BCUT2D eigenvalue weighted by Gasteiger charge is 2.15. The molecule has 0 saturated heterocycles. The van der Waals surface area contributed by atoms with E-state index in [-0.39, 0.29) is 6.54 Å². The molecule has 1 unspecified atom stereocenters. The van der Waals surface area contributed by atoms with Crippen molar-refractivity contribution >= 4 is 27.6 Å². The van der Waals surface area contributed by atoms with Gasteiger partial charge in [-0.2, -0.15) is 0 Å². The molecule has 4 N–H and O–H groups in total. The van der Waals surface area contributed by atoms with E-state index >= 15 is 0 Å². The number of nitrogens with one attached hydrogen (secondary N) is 1. The van der Waals surface area contributed by atoms with Crippen LogP contribution in [0.15, 0.2) is 22.7 Å². The first kappa shape index (κ1) is 12.0. The average molecular weight is 273 g/mol. The Hall–Kier alpha value is -1.07. The van der Waals surface area contributed by atoms with Crippen molar-refractivity contribution in [2.75, 3.05) is 11.9 Å². The average Bonchev–Trinajstić information content (AvgIpc) is 2.18. The Morgan fingerprint density at radius 1 is 1.67 bits per heavy atom. The van der Waals surface area contributed by atoms with Crippen molar-refractivity contribution in [3.63, 3.8) is 0 Å². The van der Waals surface area contributed by atoms with Gasteiger partial charge in [0.05, 0.1) is 0 Å². The molecule has 4 nitrogen and oxygen atoms in total. The number of nitrogens with two attached hydrogens (primary N) is 1. The van der Waals surface area contributed by atoms with Crippen LogP contribution in [0.2, 0.25) is 0 Å². The lowest BCUT2D eigenvalue weighted by Gasteiger charge is -2.15. The van der Waals surface area contributed by atoms with Gasteiger partial charge in [-0.15, -0.1) is 0 Å². The fourth-order valence-electron chi connectivity index (χ4n) is 1.16. The third kappa shape index (κ3) is 3.21. The number of halogens is 1. The molecule has 0 aliphatic rings. The van der Waals surface area contributed by atoms with Gasteiger partial charge in [0.2, 0.25) is 0 Å². The molecule has 1 rings (SSSR count). The van der Waals surface area contributed by atoms with Gasteiger partial charge >= 0.3 is 5.97 Å². The van der Waals surface area contributed by atoms with E-state index in [1.807, 2.05) is 25.1 Å². The number of hydrogen-bond acceptors (Lipinski definition) is 3. The largest absolute Gasteiger partial charge is 0.480 e. The first-order valence-electron chi connectivity index (χ1n) is 4.50. The fraction of sp³-hybridized carbons (Fsp3) is 0.300.